The van der Waals surface area contributed by atoms with Gasteiger partial charge in [-0.2, -0.15) is 0 Å². The van der Waals surface area contributed by atoms with Crippen LogP contribution in [0.25, 0.3) is 0 Å². The highest BCUT2D eigenvalue weighted by Crippen LogP contribution is 2.44. The number of halogens is 1. The summed E-state index contributed by atoms with van der Waals surface area (Å²) in [6.45, 7) is 6.89. The number of ether oxygens (including phenoxy) is 6. The molecule has 0 bridgehead atoms. The minimum absolute atomic E-state index is 0.0208. The molecular formula is C28H49IO8. The van der Waals surface area contributed by atoms with Crippen LogP contribution < -0.4 is 0 Å². The summed E-state index contributed by atoms with van der Waals surface area (Å²) >= 11 is 2.37. The van der Waals surface area contributed by atoms with Gasteiger partial charge in [-0.3, -0.25) is 9.59 Å². The number of alkyl halides is 1. The Morgan fingerprint density at radius 1 is 0.757 bits per heavy atom. The fraction of sp³-hybridized carbons (Fsp3) is 0.929. The summed E-state index contributed by atoms with van der Waals surface area (Å²) in [6.07, 6.45) is 13.6. The van der Waals surface area contributed by atoms with Gasteiger partial charge in [-0.1, -0.05) is 48.3 Å². The smallest absolute Gasteiger partial charge is 0.311 e. The van der Waals surface area contributed by atoms with Gasteiger partial charge in [0.1, 0.15) is 0 Å². The topological polar surface area (TPSA) is 89.5 Å². The van der Waals surface area contributed by atoms with Gasteiger partial charge in [0, 0.05) is 12.8 Å². The van der Waals surface area contributed by atoms with Crippen LogP contribution in [0.2, 0.25) is 0 Å². The summed E-state index contributed by atoms with van der Waals surface area (Å²) in [4.78, 5) is 22.8. The van der Waals surface area contributed by atoms with E-state index in [-0.39, 0.29) is 29.1 Å². The number of hydrogen-bond acceptors (Lipinski definition) is 8. The minimum atomic E-state index is -0.435. The van der Waals surface area contributed by atoms with Crippen molar-refractivity contribution in [3.05, 3.63) is 0 Å². The molecule has 0 radical (unpaired) electrons. The van der Waals surface area contributed by atoms with Crippen LogP contribution in [-0.4, -0.2) is 68.6 Å². The zero-order valence-corrected chi connectivity index (χ0v) is 25.6. The molecule has 0 N–H and O–H groups in total. The van der Waals surface area contributed by atoms with Crippen LogP contribution in [0.5, 0.6) is 0 Å². The van der Waals surface area contributed by atoms with Crippen LogP contribution in [-0.2, 0) is 38.0 Å². The van der Waals surface area contributed by atoms with Crippen molar-refractivity contribution in [2.45, 2.75) is 109 Å². The molecule has 0 spiro atoms. The number of methoxy groups -OCH3 is 2. The number of esters is 2. The molecule has 4 aliphatic rings. The van der Waals surface area contributed by atoms with Gasteiger partial charge >= 0.3 is 11.9 Å². The molecule has 0 aromatic heterocycles. The van der Waals surface area contributed by atoms with E-state index in [1.165, 1.54) is 37.9 Å². The second-order valence-electron chi connectivity index (χ2n) is 10.8. The molecule has 4 fully saturated rings. The van der Waals surface area contributed by atoms with Crippen molar-refractivity contribution in [1.29, 1.82) is 0 Å². The van der Waals surface area contributed by atoms with E-state index >= 15 is 0 Å². The Morgan fingerprint density at radius 3 is 1.68 bits per heavy atom. The molecule has 2 aliphatic heterocycles. The normalized spacial score (nSPS) is 23.5. The maximum atomic E-state index is 12.0. The maximum absolute atomic E-state index is 12.0. The molecule has 2 aliphatic carbocycles. The molecule has 8 nitrogen and oxygen atoms in total. The Hall–Kier alpha value is -0.490. The lowest BCUT2D eigenvalue weighted by Crippen LogP contribution is -2.31. The Morgan fingerprint density at radius 2 is 1.24 bits per heavy atom. The number of rotatable bonds is 9. The van der Waals surface area contributed by atoms with Crippen LogP contribution in [0.15, 0.2) is 0 Å². The van der Waals surface area contributed by atoms with Crippen molar-refractivity contribution < 1.29 is 38.0 Å². The van der Waals surface area contributed by atoms with Crippen molar-refractivity contribution in [3.63, 3.8) is 0 Å². The summed E-state index contributed by atoms with van der Waals surface area (Å²) in [7, 11) is 2.95. The van der Waals surface area contributed by atoms with E-state index in [9.17, 15) is 9.59 Å². The number of hydrogen-bond donors (Lipinski definition) is 0. The second kappa shape index (κ2) is 16.6. The van der Waals surface area contributed by atoms with Crippen LogP contribution in [0, 0.1) is 11.3 Å². The first-order valence-corrected chi connectivity index (χ1v) is 15.5. The van der Waals surface area contributed by atoms with Gasteiger partial charge in [-0.25, -0.2) is 0 Å². The number of carbonyl (C=O) groups excluding carboxylic acids is 2. The third-order valence-electron chi connectivity index (χ3n) is 7.92. The zero-order valence-electron chi connectivity index (χ0n) is 23.4. The third-order valence-corrected chi connectivity index (χ3v) is 8.68. The Labute approximate surface area is 237 Å². The predicted octanol–water partition coefficient (Wildman–Crippen LogP) is 5.97. The molecule has 2 heterocycles. The van der Waals surface area contributed by atoms with E-state index in [0.29, 0.717) is 13.2 Å². The van der Waals surface area contributed by atoms with Crippen LogP contribution in [0.3, 0.4) is 0 Å². The summed E-state index contributed by atoms with van der Waals surface area (Å²) in [6, 6.07) is 0. The van der Waals surface area contributed by atoms with E-state index < -0.39 is 5.79 Å². The first-order chi connectivity index (χ1) is 17.7. The molecule has 0 amide bonds. The third kappa shape index (κ3) is 10.9. The lowest BCUT2D eigenvalue weighted by Gasteiger charge is -2.28. The van der Waals surface area contributed by atoms with E-state index in [1.807, 2.05) is 13.8 Å². The summed E-state index contributed by atoms with van der Waals surface area (Å²) in [5.41, 5.74) is -0.232. The van der Waals surface area contributed by atoms with Crippen molar-refractivity contribution >= 4 is 34.5 Å². The monoisotopic (exact) mass is 640 g/mol. The van der Waals surface area contributed by atoms with Gasteiger partial charge in [-0.15, -0.1) is 0 Å². The van der Waals surface area contributed by atoms with Crippen LogP contribution in [0.4, 0.5) is 0 Å². The SMILES string of the molecule is CC1(CCCI)OCCO1.COC(=O)C1(CCCC2(C)OCCO2)CCCC1.COC(=O)C1CCCC1. The van der Waals surface area contributed by atoms with Crippen LogP contribution >= 0.6 is 22.6 Å². The fourth-order valence-corrected chi connectivity index (χ4v) is 6.07. The van der Waals surface area contributed by atoms with Gasteiger partial charge in [-0.05, 0) is 63.2 Å². The summed E-state index contributed by atoms with van der Waals surface area (Å²) in [5, 5.41) is 0. The fourth-order valence-electron chi connectivity index (χ4n) is 5.69. The molecule has 4 rings (SSSR count). The second-order valence-corrected chi connectivity index (χ2v) is 11.9. The van der Waals surface area contributed by atoms with E-state index in [0.717, 1.165) is 77.4 Å². The summed E-state index contributed by atoms with van der Waals surface area (Å²) < 4.78 is 32.8. The molecule has 0 unspecified atom stereocenters. The largest absolute Gasteiger partial charge is 0.469 e. The molecule has 2 saturated heterocycles. The standard InChI is InChI=1S/C14H24O4.C7H13IO2.C7H12O2/c1-13(17-10-11-18-13)6-5-9-14(12(15)16-2)7-3-4-8-14;1-7(3-2-4-8)9-5-6-10-7;1-9-7(8)6-4-2-3-5-6/h3-11H2,1-2H3;2-6H2,1H3;6H,2-5H2,1H3. The number of carbonyl (C=O) groups is 2. The van der Waals surface area contributed by atoms with E-state index in [1.54, 1.807) is 0 Å². The molecular weight excluding hydrogens is 591 g/mol. The maximum Gasteiger partial charge on any atom is 0.311 e. The Bertz CT molecular complexity index is 661. The lowest BCUT2D eigenvalue weighted by molar-refractivity contribution is -0.157. The lowest BCUT2D eigenvalue weighted by atomic mass is 9.80. The van der Waals surface area contributed by atoms with Crippen molar-refractivity contribution in [3.8, 4) is 0 Å². The highest BCUT2D eigenvalue weighted by atomic mass is 127. The van der Waals surface area contributed by atoms with Gasteiger partial charge in [0.2, 0.25) is 0 Å². The van der Waals surface area contributed by atoms with Crippen LogP contribution in [0.1, 0.15) is 97.3 Å². The van der Waals surface area contributed by atoms with Gasteiger partial charge in [0.15, 0.2) is 11.6 Å². The average molecular weight is 641 g/mol. The Kier molecular flexibility index (Phi) is 14.7. The zero-order chi connectivity index (χ0) is 27.2. The van der Waals surface area contributed by atoms with E-state index in [2.05, 4.69) is 27.3 Å². The van der Waals surface area contributed by atoms with Crippen molar-refractivity contribution in [2.24, 2.45) is 11.3 Å². The van der Waals surface area contributed by atoms with Gasteiger partial charge in [0.25, 0.3) is 0 Å². The van der Waals surface area contributed by atoms with E-state index in [4.69, 9.17) is 23.7 Å². The highest BCUT2D eigenvalue weighted by molar-refractivity contribution is 14.1. The first-order valence-electron chi connectivity index (χ1n) is 14.0. The van der Waals surface area contributed by atoms with Crippen molar-refractivity contribution in [1.82, 2.24) is 0 Å². The predicted molar refractivity (Wildman–Crippen MR) is 149 cm³/mol. The first kappa shape index (κ1) is 32.7. The average Bonchev–Trinajstić information content (AvgIpc) is 3.72. The quantitative estimate of drug-likeness (QED) is 0.173. The summed E-state index contributed by atoms with van der Waals surface area (Å²) in [5.74, 6) is -0.526. The molecule has 216 valence electrons. The molecule has 0 aromatic carbocycles. The van der Waals surface area contributed by atoms with Gasteiger partial charge < -0.3 is 28.4 Å². The van der Waals surface area contributed by atoms with Gasteiger partial charge in [0.05, 0.1) is 52.0 Å². The molecule has 0 atom stereocenters. The molecule has 0 aromatic rings. The molecule has 9 heteroatoms. The van der Waals surface area contributed by atoms with Crippen molar-refractivity contribution in [2.75, 3.05) is 45.1 Å². The highest BCUT2D eigenvalue weighted by Gasteiger charge is 2.42. The minimum Gasteiger partial charge on any atom is -0.469 e. The molecule has 37 heavy (non-hydrogen) atoms. The Balaban J connectivity index is 0.000000214. The molecule has 2 saturated carbocycles.